The van der Waals surface area contributed by atoms with E-state index in [4.69, 9.17) is 0 Å². The first-order valence-electron chi connectivity index (χ1n) is 9.41. The summed E-state index contributed by atoms with van der Waals surface area (Å²) in [4.78, 5) is 33.5. The van der Waals surface area contributed by atoms with E-state index in [0.29, 0.717) is 38.3 Å². The van der Waals surface area contributed by atoms with Gasteiger partial charge in [0.15, 0.2) is 0 Å². The van der Waals surface area contributed by atoms with Gasteiger partial charge in [-0.1, -0.05) is 36.4 Å². The molecule has 6 heteroatoms. The maximum absolute atomic E-state index is 13.0. The van der Waals surface area contributed by atoms with Gasteiger partial charge in [-0.25, -0.2) is 0 Å². The van der Waals surface area contributed by atoms with Crippen molar-refractivity contribution in [1.82, 2.24) is 14.8 Å². The minimum Gasteiger partial charge on any atom is -0.336 e. The van der Waals surface area contributed by atoms with E-state index >= 15 is 0 Å². The minimum absolute atomic E-state index is 0.00214. The highest BCUT2D eigenvalue weighted by Crippen LogP contribution is 2.18. The van der Waals surface area contributed by atoms with Crippen molar-refractivity contribution >= 4 is 28.4 Å². The maximum atomic E-state index is 13.0. The number of hydrogen-bond donors (Lipinski definition) is 1. The highest BCUT2D eigenvalue weighted by atomic mass is 16.2. The Hall–Kier alpha value is -3.25. The highest BCUT2D eigenvalue weighted by Gasteiger charge is 2.24. The SMILES string of the molecule is O=C(CN1CCN(C(=O)c2cccc3cccnc23)CC1)Nc1ccccc1. The summed E-state index contributed by atoms with van der Waals surface area (Å²) >= 11 is 0. The molecule has 1 saturated heterocycles. The largest absolute Gasteiger partial charge is 0.336 e. The number of fused-ring (bicyclic) bond motifs is 1. The van der Waals surface area contributed by atoms with Crippen molar-refractivity contribution in [2.45, 2.75) is 0 Å². The first-order chi connectivity index (χ1) is 13.7. The molecule has 3 aromatic rings. The van der Waals surface area contributed by atoms with Gasteiger partial charge in [0.2, 0.25) is 5.91 Å². The zero-order chi connectivity index (χ0) is 19.3. The fourth-order valence-electron chi connectivity index (χ4n) is 3.48. The number of para-hydroxylation sites is 2. The second-order valence-corrected chi connectivity index (χ2v) is 6.86. The van der Waals surface area contributed by atoms with E-state index in [2.05, 4.69) is 15.2 Å². The Morgan fingerprint density at radius 1 is 0.893 bits per heavy atom. The second-order valence-electron chi connectivity index (χ2n) is 6.86. The standard InChI is InChI=1S/C22H22N4O2/c27-20(24-18-8-2-1-3-9-18)16-25-12-14-26(15-13-25)22(28)19-10-4-6-17-7-5-11-23-21(17)19/h1-11H,12-16H2,(H,24,27). The van der Waals surface area contributed by atoms with Crippen LogP contribution in [0.4, 0.5) is 5.69 Å². The number of pyridine rings is 1. The van der Waals surface area contributed by atoms with Crippen molar-refractivity contribution in [3.63, 3.8) is 0 Å². The van der Waals surface area contributed by atoms with E-state index in [1.54, 1.807) is 6.20 Å². The molecule has 1 aliphatic heterocycles. The molecule has 0 unspecified atom stereocenters. The number of benzene rings is 2. The molecule has 142 valence electrons. The topological polar surface area (TPSA) is 65.5 Å². The van der Waals surface area contributed by atoms with E-state index in [-0.39, 0.29) is 11.8 Å². The van der Waals surface area contributed by atoms with Gasteiger partial charge in [0.25, 0.3) is 5.91 Å². The number of hydrogen-bond acceptors (Lipinski definition) is 4. The monoisotopic (exact) mass is 374 g/mol. The molecule has 2 heterocycles. The number of rotatable bonds is 4. The van der Waals surface area contributed by atoms with E-state index in [1.165, 1.54) is 0 Å². The number of carbonyl (C=O) groups is 2. The summed E-state index contributed by atoms with van der Waals surface area (Å²) in [6.45, 7) is 2.87. The number of aromatic nitrogens is 1. The number of carbonyl (C=O) groups excluding carboxylic acids is 2. The molecule has 0 atom stereocenters. The van der Waals surface area contributed by atoms with Gasteiger partial charge in [-0.15, -0.1) is 0 Å². The average molecular weight is 374 g/mol. The molecule has 0 bridgehead atoms. The molecule has 1 N–H and O–H groups in total. The third-order valence-corrected chi connectivity index (χ3v) is 4.95. The molecule has 0 aliphatic carbocycles. The second kappa shape index (κ2) is 8.19. The van der Waals surface area contributed by atoms with Crippen LogP contribution in [0.3, 0.4) is 0 Å². The molecule has 4 rings (SSSR count). The maximum Gasteiger partial charge on any atom is 0.256 e. The summed E-state index contributed by atoms with van der Waals surface area (Å²) in [5.41, 5.74) is 2.16. The minimum atomic E-state index is -0.0378. The van der Waals surface area contributed by atoms with Crippen LogP contribution in [0.25, 0.3) is 10.9 Å². The molecular weight excluding hydrogens is 352 g/mol. The van der Waals surface area contributed by atoms with E-state index in [1.807, 2.05) is 65.6 Å². The van der Waals surface area contributed by atoms with E-state index < -0.39 is 0 Å². The average Bonchev–Trinajstić information content (AvgIpc) is 2.74. The summed E-state index contributed by atoms with van der Waals surface area (Å²) in [5, 5.41) is 3.86. The van der Waals surface area contributed by atoms with Crippen molar-refractivity contribution in [3.05, 3.63) is 72.4 Å². The van der Waals surface area contributed by atoms with Crippen molar-refractivity contribution < 1.29 is 9.59 Å². The third kappa shape index (κ3) is 4.02. The van der Waals surface area contributed by atoms with Gasteiger partial charge in [-0.2, -0.15) is 0 Å². The van der Waals surface area contributed by atoms with Gasteiger partial charge >= 0.3 is 0 Å². The van der Waals surface area contributed by atoms with Gasteiger partial charge in [0.05, 0.1) is 17.6 Å². The number of anilines is 1. The molecule has 28 heavy (non-hydrogen) atoms. The predicted molar refractivity (Wildman–Crippen MR) is 109 cm³/mol. The van der Waals surface area contributed by atoms with Gasteiger partial charge in [0.1, 0.15) is 0 Å². The summed E-state index contributed by atoms with van der Waals surface area (Å²) in [7, 11) is 0. The Morgan fingerprint density at radius 2 is 1.64 bits per heavy atom. The Balaban J connectivity index is 1.35. The van der Waals surface area contributed by atoms with E-state index in [9.17, 15) is 9.59 Å². The molecule has 2 aromatic carbocycles. The van der Waals surface area contributed by atoms with Crippen molar-refractivity contribution in [2.75, 3.05) is 38.0 Å². The lowest BCUT2D eigenvalue weighted by atomic mass is 10.1. The van der Waals surface area contributed by atoms with Crippen LogP contribution in [-0.4, -0.2) is 59.3 Å². The Labute approximate surface area is 163 Å². The molecule has 6 nitrogen and oxygen atoms in total. The fraction of sp³-hybridized carbons (Fsp3) is 0.227. The lowest BCUT2D eigenvalue weighted by Gasteiger charge is -2.34. The molecular formula is C22H22N4O2. The fourth-order valence-corrected chi connectivity index (χ4v) is 3.48. The van der Waals surface area contributed by atoms with Gasteiger partial charge < -0.3 is 10.2 Å². The lowest BCUT2D eigenvalue weighted by Crippen LogP contribution is -2.50. The quantitative estimate of drug-likeness (QED) is 0.762. The van der Waals surface area contributed by atoms with Crippen molar-refractivity contribution in [1.29, 1.82) is 0 Å². The first-order valence-corrected chi connectivity index (χ1v) is 9.41. The third-order valence-electron chi connectivity index (χ3n) is 4.95. The van der Waals surface area contributed by atoms with Crippen LogP contribution in [0.5, 0.6) is 0 Å². The first kappa shape index (κ1) is 18.1. The molecule has 1 fully saturated rings. The summed E-state index contributed by atoms with van der Waals surface area (Å²) in [6.07, 6.45) is 1.71. The van der Waals surface area contributed by atoms with Crippen LogP contribution in [-0.2, 0) is 4.79 Å². The number of amides is 2. The highest BCUT2D eigenvalue weighted by molar-refractivity contribution is 6.05. The molecule has 0 radical (unpaired) electrons. The number of nitrogens with zero attached hydrogens (tertiary/aromatic N) is 3. The van der Waals surface area contributed by atoms with Gasteiger partial charge in [-0.05, 0) is 24.3 Å². The normalized spacial score (nSPS) is 14.8. The zero-order valence-corrected chi connectivity index (χ0v) is 15.5. The molecule has 0 saturated carbocycles. The smallest absolute Gasteiger partial charge is 0.256 e. The molecule has 1 aliphatic rings. The van der Waals surface area contributed by atoms with Crippen LogP contribution in [0, 0.1) is 0 Å². The lowest BCUT2D eigenvalue weighted by molar-refractivity contribution is -0.117. The Bertz CT molecular complexity index is 977. The predicted octanol–water partition coefficient (Wildman–Crippen LogP) is 2.63. The molecule has 1 aromatic heterocycles. The number of nitrogens with one attached hydrogen (secondary N) is 1. The molecule has 0 spiro atoms. The Kier molecular flexibility index (Phi) is 5.30. The molecule has 2 amide bonds. The van der Waals surface area contributed by atoms with Crippen molar-refractivity contribution in [3.8, 4) is 0 Å². The van der Waals surface area contributed by atoms with Crippen LogP contribution < -0.4 is 5.32 Å². The van der Waals surface area contributed by atoms with Crippen LogP contribution in [0.1, 0.15) is 10.4 Å². The Morgan fingerprint density at radius 3 is 2.43 bits per heavy atom. The zero-order valence-electron chi connectivity index (χ0n) is 15.5. The summed E-state index contributed by atoms with van der Waals surface area (Å²) in [5.74, 6) is -0.0399. The van der Waals surface area contributed by atoms with Crippen molar-refractivity contribution in [2.24, 2.45) is 0 Å². The summed E-state index contributed by atoms with van der Waals surface area (Å²) in [6, 6.07) is 18.9. The van der Waals surface area contributed by atoms with Crippen LogP contribution in [0.2, 0.25) is 0 Å². The van der Waals surface area contributed by atoms with Crippen LogP contribution in [0.15, 0.2) is 66.9 Å². The number of piperazine rings is 1. The van der Waals surface area contributed by atoms with Crippen LogP contribution >= 0.6 is 0 Å². The van der Waals surface area contributed by atoms with Gasteiger partial charge in [-0.3, -0.25) is 19.5 Å². The van der Waals surface area contributed by atoms with E-state index in [0.717, 1.165) is 16.6 Å². The van der Waals surface area contributed by atoms with Gasteiger partial charge in [0, 0.05) is 43.4 Å². The summed E-state index contributed by atoms with van der Waals surface area (Å²) < 4.78 is 0.